The molecule has 2 aliphatic heterocycles. The van der Waals surface area contributed by atoms with Crippen LogP contribution in [-0.4, -0.2) is 46.8 Å². The number of nitrogens with two attached hydrogens (primary N) is 1. The van der Waals surface area contributed by atoms with E-state index in [1.165, 1.54) is 11.1 Å². The van der Waals surface area contributed by atoms with Crippen molar-refractivity contribution >= 4 is 23.4 Å². The Bertz CT molecular complexity index is 932. The first-order valence-corrected chi connectivity index (χ1v) is 10.5. The van der Waals surface area contributed by atoms with Gasteiger partial charge in [-0.3, -0.25) is 9.59 Å². The lowest BCUT2D eigenvalue weighted by Gasteiger charge is -2.52. The summed E-state index contributed by atoms with van der Waals surface area (Å²) in [7, 11) is 0. The van der Waals surface area contributed by atoms with Crippen LogP contribution in [-0.2, 0) is 29.0 Å². The first kappa shape index (κ1) is 19.9. The maximum absolute atomic E-state index is 13.5. The van der Waals surface area contributed by atoms with E-state index in [4.69, 9.17) is 17.3 Å². The third kappa shape index (κ3) is 4.02. The van der Waals surface area contributed by atoms with Crippen LogP contribution >= 0.6 is 11.6 Å². The summed E-state index contributed by atoms with van der Waals surface area (Å²) < 4.78 is 0. The fraction of sp³-hybridized carbons (Fsp3) is 0.391. The molecule has 0 radical (unpaired) electrons. The summed E-state index contributed by atoms with van der Waals surface area (Å²) in [5.41, 5.74) is 8.59. The zero-order chi connectivity index (χ0) is 20.4. The molecule has 2 amide bonds. The fourth-order valence-electron chi connectivity index (χ4n) is 4.76. The lowest BCUT2D eigenvalue weighted by molar-refractivity contribution is -0.147. The fourth-order valence-corrected chi connectivity index (χ4v) is 4.97. The Morgan fingerprint density at radius 1 is 1.07 bits per heavy atom. The number of carbonyl (C=O) groups excluding carboxylic acids is 2. The highest BCUT2D eigenvalue weighted by molar-refractivity contribution is 6.30. The molecule has 0 aromatic heterocycles. The number of rotatable bonds is 3. The average molecular weight is 412 g/mol. The van der Waals surface area contributed by atoms with Crippen molar-refractivity contribution in [2.45, 2.75) is 37.8 Å². The third-order valence-electron chi connectivity index (χ3n) is 6.17. The van der Waals surface area contributed by atoms with Crippen LogP contribution in [0.2, 0.25) is 5.02 Å². The minimum absolute atomic E-state index is 0.00310. The number of likely N-dealkylation sites (tertiary alicyclic amines) is 1. The van der Waals surface area contributed by atoms with Crippen LogP contribution in [0.25, 0.3) is 0 Å². The second kappa shape index (κ2) is 8.17. The Labute approximate surface area is 176 Å². The minimum atomic E-state index is -0.382. The van der Waals surface area contributed by atoms with E-state index in [0.717, 1.165) is 24.8 Å². The number of hydrogen-bond donors (Lipinski definition) is 1. The Morgan fingerprint density at radius 2 is 1.86 bits per heavy atom. The van der Waals surface area contributed by atoms with Crippen LogP contribution in [0, 0.1) is 0 Å². The molecule has 5 nitrogen and oxygen atoms in total. The molecule has 1 fully saturated rings. The highest BCUT2D eigenvalue weighted by Gasteiger charge is 2.46. The average Bonchev–Trinajstić information content (AvgIpc) is 2.72. The monoisotopic (exact) mass is 411 g/mol. The molecule has 0 bridgehead atoms. The number of benzene rings is 2. The minimum Gasteiger partial charge on any atom is -0.339 e. The predicted molar refractivity (Wildman–Crippen MR) is 113 cm³/mol. The molecule has 1 saturated heterocycles. The highest BCUT2D eigenvalue weighted by atomic mass is 35.5. The summed E-state index contributed by atoms with van der Waals surface area (Å²) in [4.78, 5) is 29.6. The Morgan fingerprint density at radius 3 is 2.62 bits per heavy atom. The molecule has 2 aromatic carbocycles. The van der Waals surface area contributed by atoms with Crippen LogP contribution < -0.4 is 5.73 Å². The van der Waals surface area contributed by atoms with Crippen molar-refractivity contribution in [2.75, 3.05) is 19.6 Å². The number of nitrogens with zero attached hydrogens (tertiary/aromatic N) is 2. The van der Waals surface area contributed by atoms with Gasteiger partial charge >= 0.3 is 0 Å². The molecule has 1 atom stereocenters. The van der Waals surface area contributed by atoms with Crippen molar-refractivity contribution in [3.8, 4) is 0 Å². The van der Waals surface area contributed by atoms with Gasteiger partial charge in [0.05, 0.1) is 18.5 Å². The van der Waals surface area contributed by atoms with Crippen molar-refractivity contribution in [1.82, 2.24) is 9.80 Å². The van der Waals surface area contributed by atoms with E-state index < -0.39 is 0 Å². The van der Waals surface area contributed by atoms with Crippen LogP contribution in [0.5, 0.6) is 0 Å². The zero-order valence-electron chi connectivity index (χ0n) is 16.4. The molecular weight excluding hydrogens is 386 g/mol. The molecule has 4 rings (SSSR count). The summed E-state index contributed by atoms with van der Waals surface area (Å²) in [5, 5.41) is 0.631. The van der Waals surface area contributed by atoms with Gasteiger partial charge in [-0.2, -0.15) is 0 Å². The maximum atomic E-state index is 13.5. The van der Waals surface area contributed by atoms with Gasteiger partial charge in [-0.1, -0.05) is 48.0 Å². The summed E-state index contributed by atoms with van der Waals surface area (Å²) >= 11 is 6.11. The van der Waals surface area contributed by atoms with Gasteiger partial charge < -0.3 is 15.5 Å². The first-order chi connectivity index (χ1) is 14.0. The molecule has 1 unspecified atom stereocenters. The normalized spacial score (nSPS) is 21.2. The molecule has 29 heavy (non-hydrogen) atoms. The number of fused-ring (bicyclic) bond motifs is 1. The molecule has 0 aliphatic carbocycles. The Kier molecular flexibility index (Phi) is 5.61. The number of piperidine rings is 1. The van der Waals surface area contributed by atoms with Gasteiger partial charge in [0, 0.05) is 24.7 Å². The molecule has 6 heteroatoms. The van der Waals surface area contributed by atoms with Crippen LogP contribution in [0.1, 0.15) is 29.5 Å². The van der Waals surface area contributed by atoms with E-state index in [-0.39, 0.29) is 23.9 Å². The van der Waals surface area contributed by atoms with Crippen molar-refractivity contribution < 1.29 is 9.59 Å². The maximum Gasteiger partial charge on any atom is 0.236 e. The number of carbonyl (C=O) groups is 2. The summed E-state index contributed by atoms with van der Waals surface area (Å²) in [6, 6.07) is 15.7. The van der Waals surface area contributed by atoms with Crippen molar-refractivity contribution in [2.24, 2.45) is 5.73 Å². The van der Waals surface area contributed by atoms with Crippen LogP contribution in [0.15, 0.2) is 48.5 Å². The Balaban J connectivity index is 1.66. The Hall–Kier alpha value is -2.37. The van der Waals surface area contributed by atoms with E-state index in [0.29, 0.717) is 31.1 Å². The third-order valence-corrected chi connectivity index (χ3v) is 6.40. The van der Waals surface area contributed by atoms with Crippen LogP contribution in [0.4, 0.5) is 0 Å². The zero-order valence-corrected chi connectivity index (χ0v) is 17.2. The molecule has 0 saturated carbocycles. The molecule has 2 heterocycles. The highest BCUT2D eigenvalue weighted by Crippen LogP contribution is 2.38. The van der Waals surface area contributed by atoms with Gasteiger partial charge in [0.25, 0.3) is 0 Å². The number of hydrogen-bond acceptors (Lipinski definition) is 3. The van der Waals surface area contributed by atoms with Crippen molar-refractivity contribution in [1.29, 1.82) is 0 Å². The quantitative estimate of drug-likeness (QED) is 0.844. The van der Waals surface area contributed by atoms with E-state index >= 15 is 0 Å². The molecule has 2 aliphatic rings. The molecule has 152 valence electrons. The number of amides is 2. The molecule has 1 spiro atoms. The second-order valence-electron chi connectivity index (χ2n) is 8.08. The van der Waals surface area contributed by atoms with Gasteiger partial charge in [0.1, 0.15) is 0 Å². The van der Waals surface area contributed by atoms with E-state index in [1.807, 2.05) is 46.2 Å². The number of halogens is 1. The largest absolute Gasteiger partial charge is 0.339 e. The lowest BCUT2D eigenvalue weighted by Crippen LogP contribution is -2.64. The van der Waals surface area contributed by atoms with Crippen LogP contribution in [0.3, 0.4) is 0 Å². The second-order valence-corrected chi connectivity index (χ2v) is 8.52. The van der Waals surface area contributed by atoms with Gasteiger partial charge in [-0.25, -0.2) is 0 Å². The first-order valence-electron chi connectivity index (χ1n) is 10.1. The topological polar surface area (TPSA) is 66.6 Å². The van der Waals surface area contributed by atoms with Crippen molar-refractivity contribution in [3.05, 3.63) is 70.2 Å². The van der Waals surface area contributed by atoms with Gasteiger partial charge in [-0.05, 0) is 48.1 Å². The summed E-state index contributed by atoms with van der Waals surface area (Å²) in [5.74, 6) is 0.0222. The van der Waals surface area contributed by atoms with E-state index in [1.54, 1.807) is 0 Å². The molecular formula is C23H26ClN3O2. The standard InChI is InChI=1S/C23H26ClN3O2/c24-20-8-3-5-17(11-20)12-21(28)27-15-19-7-2-1-6-18(19)13-23(27)9-4-10-26(16-23)22(29)14-25/h1-3,5-8,11H,4,9-10,12-16,25H2. The van der Waals surface area contributed by atoms with Gasteiger partial charge in [-0.15, -0.1) is 0 Å². The predicted octanol–water partition coefficient (Wildman–Crippen LogP) is 2.79. The molecule has 2 aromatic rings. The SMILES string of the molecule is NCC(=O)N1CCCC2(Cc3ccccc3CN2C(=O)Cc2cccc(Cl)c2)C1. The van der Waals surface area contributed by atoms with Gasteiger partial charge in [0.15, 0.2) is 0 Å². The van der Waals surface area contributed by atoms with E-state index in [9.17, 15) is 9.59 Å². The van der Waals surface area contributed by atoms with E-state index in [2.05, 4.69) is 12.1 Å². The smallest absolute Gasteiger partial charge is 0.236 e. The lowest BCUT2D eigenvalue weighted by atomic mass is 9.77. The summed E-state index contributed by atoms with van der Waals surface area (Å²) in [6.45, 7) is 1.82. The summed E-state index contributed by atoms with van der Waals surface area (Å²) in [6.07, 6.45) is 2.82. The van der Waals surface area contributed by atoms with Crippen molar-refractivity contribution in [3.63, 3.8) is 0 Å². The molecule has 2 N–H and O–H groups in total. The van der Waals surface area contributed by atoms with Gasteiger partial charge in [0.2, 0.25) is 11.8 Å².